The van der Waals surface area contributed by atoms with Gasteiger partial charge in [-0.25, -0.2) is 0 Å². The number of aryl methyl sites for hydroxylation is 1. The van der Waals surface area contributed by atoms with Crippen LogP contribution in [0.5, 0.6) is 5.75 Å². The Morgan fingerprint density at radius 3 is 2.81 bits per heavy atom. The van der Waals surface area contributed by atoms with Crippen LogP contribution in [0.15, 0.2) is 24.3 Å². The van der Waals surface area contributed by atoms with Crippen molar-refractivity contribution in [3.05, 3.63) is 41.5 Å². The van der Waals surface area contributed by atoms with Crippen molar-refractivity contribution < 1.29 is 14.6 Å². The standard InChI is InChI=1S/C15H17N3O3/c1-21-12-5-2-10(3-6-12)8-14-17-16-13-7-4-11(15(19)20)9-18(13)14/h2-3,5-6,11H,4,7-9H2,1H3,(H,19,20). The molecule has 0 bridgehead atoms. The van der Waals surface area contributed by atoms with Crippen molar-refractivity contribution in [2.45, 2.75) is 25.8 Å². The summed E-state index contributed by atoms with van der Waals surface area (Å²) in [5, 5.41) is 17.6. The third-order valence-corrected chi connectivity index (χ3v) is 3.89. The second-order valence-corrected chi connectivity index (χ2v) is 5.24. The number of carboxylic acid groups (broad SMARTS) is 1. The maximum Gasteiger partial charge on any atom is 0.308 e. The Balaban J connectivity index is 1.80. The van der Waals surface area contributed by atoms with E-state index in [1.165, 1.54) is 0 Å². The molecule has 21 heavy (non-hydrogen) atoms. The number of rotatable bonds is 4. The van der Waals surface area contributed by atoms with Crippen LogP contribution in [0.3, 0.4) is 0 Å². The van der Waals surface area contributed by atoms with Gasteiger partial charge in [0.25, 0.3) is 0 Å². The highest BCUT2D eigenvalue weighted by Gasteiger charge is 2.27. The SMILES string of the molecule is COc1ccc(Cc2nnc3n2CC(C(=O)O)CC3)cc1. The lowest BCUT2D eigenvalue weighted by atomic mass is 9.99. The molecule has 0 saturated heterocycles. The average molecular weight is 287 g/mol. The van der Waals surface area contributed by atoms with Crippen molar-refractivity contribution in [2.24, 2.45) is 5.92 Å². The molecule has 6 nitrogen and oxygen atoms in total. The molecule has 1 aromatic heterocycles. The Kier molecular flexibility index (Phi) is 3.60. The van der Waals surface area contributed by atoms with E-state index in [0.29, 0.717) is 25.8 Å². The molecule has 0 aliphatic carbocycles. The van der Waals surface area contributed by atoms with Crippen molar-refractivity contribution in [3.8, 4) is 5.75 Å². The van der Waals surface area contributed by atoms with Crippen LogP contribution in [0.2, 0.25) is 0 Å². The highest BCUT2D eigenvalue weighted by Crippen LogP contribution is 2.22. The van der Waals surface area contributed by atoms with Crippen LogP contribution in [0.4, 0.5) is 0 Å². The van der Waals surface area contributed by atoms with Gasteiger partial charge in [-0.2, -0.15) is 0 Å². The van der Waals surface area contributed by atoms with Crippen molar-refractivity contribution >= 4 is 5.97 Å². The van der Waals surface area contributed by atoms with E-state index in [1.54, 1.807) is 7.11 Å². The Labute approximate surface area is 122 Å². The number of nitrogens with zero attached hydrogens (tertiary/aromatic N) is 3. The van der Waals surface area contributed by atoms with E-state index in [9.17, 15) is 9.90 Å². The summed E-state index contributed by atoms with van der Waals surface area (Å²) in [4.78, 5) is 11.2. The largest absolute Gasteiger partial charge is 0.497 e. The molecule has 0 radical (unpaired) electrons. The molecule has 0 spiro atoms. The summed E-state index contributed by atoms with van der Waals surface area (Å²) in [5.74, 6) is 1.43. The van der Waals surface area contributed by atoms with Gasteiger partial charge in [0.1, 0.15) is 17.4 Å². The number of ether oxygens (including phenoxy) is 1. The van der Waals surface area contributed by atoms with E-state index in [2.05, 4.69) is 10.2 Å². The predicted molar refractivity (Wildman–Crippen MR) is 75.3 cm³/mol. The minimum Gasteiger partial charge on any atom is -0.497 e. The average Bonchev–Trinajstić information content (AvgIpc) is 2.90. The first kappa shape index (κ1) is 13.6. The number of carbonyl (C=O) groups is 1. The third-order valence-electron chi connectivity index (χ3n) is 3.89. The van der Waals surface area contributed by atoms with Gasteiger partial charge in [-0.05, 0) is 24.1 Å². The number of carboxylic acids is 1. The molecule has 2 aromatic rings. The molecule has 3 rings (SSSR count). The molecule has 1 atom stereocenters. The maximum absolute atomic E-state index is 11.2. The highest BCUT2D eigenvalue weighted by molar-refractivity contribution is 5.70. The predicted octanol–water partition coefficient (Wildman–Crippen LogP) is 1.52. The van der Waals surface area contributed by atoms with Crippen molar-refractivity contribution in [1.29, 1.82) is 0 Å². The van der Waals surface area contributed by atoms with Crippen molar-refractivity contribution in [3.63, 3.8) is 0 Å². The molecule has 1 N–H and O–H groups in total. The Morgan fingerprint density at radius 1 is 1.38 bits per heavy atom. The van der Waals surface area contributed by atoms with Crippen LogP contribution < -0.4 is 4.74 Å². The molecule has 0 fully saturated rings. The number of hydrogen-bond acceptors (Lipinski definition) is 4. The van der Waals surface area contributed by atoms with Gasteiger partial charge in [0.05, 0.1) is 13.0 Å². The summed E-state index contributed by atoms with van der Waals surface area (Å²) in [6, 6.07) is 7.78. The summed E-state index contributed by atoms with van der Waals surface area (Å²) in [6.07, 6.45) is 1.95. The molecule has 6 heteroatoms. The second-order valence-electron chi connectivity index (χ2n) is 5.24. The van der Waals surface area contributed by atoms with Gasteiger partial charge in [-0.15, -0.1) is 10.2 Å². The van der Waals surface area contributed by atoms with Crippen LogP contribution in [-0.2, 0) is 24.2 Å². The van der Waals surface area contributed by atoms with E-state index in [0.717, 1.165) is 23.0 Å². The van der Waals surface area contributed by atoms with Gasteiger partial charge in [-0.1, -0.05) is 12.1 Å². The van der Waals surface area contributed by atoms with E-state index in [-0.39, 0.29) is 5.92 Å². The van der Waals surface area contributed by atoms with Gasteiger partial charge in [-0.3, -0.25) is 4.79 Å². The van der Waals surface area contributed by atoms with Crippen LogP contribution in [0, 0.1) is 5.92 Å². The van der Waals surface area contributed by atoms with Crippen LogP contribution >= 0.6 is 0 Å². The molecule has 1 aliphatic rings. The molecule has 1 aliphatic heterocycles. The van der Waals surface area contributed by atoms with Crippen LogP contribution in [0.25, 0.3) is 0 Å². The van der Waals surface area contributed by atoms with Crippen LogP contribution in [-0.4, -0.2) is 33.0 Å². The van der Waals surface area contributed by atoms with Gasteiger partial charge in [0, 0.05) is 19.4 Å². The number of fused-ring (bicyclic) bond motifs is 1. The maximum atomic E-state index is 11.2. The monoisotopic (exact) mass is 287 g/mol. The summed E-state index contributed by atoms with van der Waals surface area (Å²) in [7, 11) is 1.63. The second kappa shape index (κ2) is 5.55. The van der Waals surface area contributed by atoms with Gasteiger partial charge in [0.15, 0.2) is 0 Å². The number of hydrogen-bond donors (Lipinski definition) is 1. The number of benzene rings is 1. The fourth-order valence-electron chi connectivity index (χ4n) is 2.64. The minimum atomic E-state index is -0.746. The first-order valence-electron chi connectivity index (χ1n) is 6.94. The van der Waals surface area contributed by atoms with Gasteiger partial charge >= 0.3 is 5.97 Å². The smallest absolute Gasteiger partial charge is 0.308 e. The Hall–Kier alpha value is -2.37. The molecule has 0 amide bonds. The van der Waals surface area contributed by atoms with Crippen molar-refractivity contribution in [1.82, 2.24) is 14.8 Å². The first-order chi connectivity index (χ1) is 10.2. The zero-order valence-electron chi connectivity index (χ0n) is 11.8. The van der Waals surface area contributed by atoms with E-state index in [1.807, 2.05) is 28.8 Å². The molecular formula is C15H17N3O3. The Morgan fingerprint density at radius 2 is 2.14 bits per heavy atom. The Bertz CT molecular complexity index is 649. The lowest BCUT2D eigenvalue weighted by molar-refractivity contribution is -0.142. The summed E-state index contributed by atoms with van der Waals surface area (Å²) in [5.41, 5.74) is 1.10. The zero-order chi connectivity index (χ0) is 14.8. The molecule has 1 unspecified atom stereocenters. The van der Waals surface area contributed by atoms with Gasteiger partial charge < -0.3 is 14.4 Å². The first-order valence-corrected chi connectivity index (χ1v) is 6.94. The molecule has 0 saturated carbocycles. The number of methoxy groups -OCH3 is 1. The van der Waals surface area contributed by atoms with Crippen LogP contribution in [0.1, 0.15) is 23.6 Å². The fourth-order valence-corrected chi connectivity index (χ4v) is 2.64. The minimum absolute atomic E-state index is 0.344. The third kappa shape index (κ3) is 2.74. The normalized spacial score (nSPS) is 17.3. The summed E-state index contributed by atoms with van der Waals surface area (Å²) < 4.78 is 7.09. The summed E-state index contributed by atoms with van der Waals surface area (Å²) in [6.45, 7) is 0.461. The molecular weight excluding hydrogens is 270 g/mol. The van der Waals surface area contributed by atoms with Gasteiger partial charge in [0.2, 0.25) is 0 Å². The molecule has 2 heterocycles. The summed E-state index contributed by atoms with van der Waals surface area (Å²) >= 11 is 0. The lowest BCUT2D eigenvalue weighted by Gasteiger charge is -2.21. The quantitative estimate of drug-likeness (QED) is 0.922. The van der Waals surface area contributed by atoms with E-state index in [4.69, 9.17) is 4.74 Å². The fraction of sp³-hybridized carbons (Fsp3) is 0.400. The number of aromatic nitrogens is 3. The number of aliphatic carboxylic acids is 1. The topological polar surface area (TPSA) is 77.2 Å². The van der Waals surface area contributed by atoms with Crippen molar-refractivity contribution in [2.75, 3.05) is 7.11 Å². The lowest BCUT2D eigenvalue weighted by Crippen LogP contribution is -2.27. The van der Waals surface area contributed by atoms with E-state index >= 15 is 0 Å². The molecule has 1 aromatic carbocycles. The zero-order valence-corrected chi connectivity index (χ0v) is 11.8. The van der Waals surface area contributed by atoms with E-state index < -0.39 is 5.97 Å². The highest BCUT2D eigenvalue weighted by atomic mass is 16.5. The molecule has 110 valence electrons.